The molecule has 0 aromatic rings. The molecule has 0 bridgehead atoms. The number of hydrogen-bond donors (Lipinski definition) is 0. The van der Waals surface area contributed by atoms with Crippen LogP contribution in [-0.2, 0) is 3.79 Å². The molecule has 2 radical (unpaired) electrons. The molecule has 0 saturated heterocycles. The molecule has 0 N–H and O–H groups in total. The average Bonchev–Trinajstić information content (AvgIpc) is 1.37. The normalized spacial score (nSPS) is 4.83. The zero-order valence-corrected chi connectivity index (χ0v) is 9.32. The van der Waals surface area contributed by atoms with E-state index in [-0.39, 0.29) is 48.0 Å². The molecule has 0 unspecified atom stereocenters. The van der Waals surface area contributed by atoms with E-state index in [9.17, 15) is 0 Å². The maximum Gasteiger partial charge on any atom is 0.369 e. The van der Waals surface area contributed by atoms with Crippen LogP contribution in [0.4, 0.5) is 0 Å². The van der Waals surface area contributed by atoms with Gasteiger partial charge in [0.2, 0.25) is 0 Å². The zero-order valence-electron chi connectivity index (χ0n) is 3.51. The van der Waals surface area contributed by atoms with Gasteiger partial charge in [-0.3, -0.25) is 0 Å². The first-order chi connectivity index (χ1) is 1.91. The van der Waals surface area contributed by atoms with E-state index in [1.807, 2.05) is 6.92 Å². The molecule has 0 fully saturated rings. The summed E-state index contributed by atoms with van der Waals surface area (Å²) in [6.07, 6.45) is 0. The molecule has 0 saturated carbocycles. The van der Waals surface area contributed by atoms with E-state index in [0.717, 1.165) is 6.61 Å². The van der Waals surface area contributed by atoms with E-state index in [0.29, 0.717) is 0 Å². The van der Waals surface area contributed by atoms with Crippen molar-refractivity contribution < 1.29 is 3.79 Å². The molecule has 0 atom stereocenters. The topological polar surface area (TPSA) is 9.23 Å². The SMILES string of the molecule is CC[O][Al].I.I. The van der Waals surface area contributed by atoms with Crippen molar-refractivity contribution in [3.63, 3.8) is 0 Å². The highest BCUT2D eigenvalue weighted by molar-refractivity contribution is 14.0. The van der Waals surface area contributed by atoms with Crippen molar-refractivity contribution in [2.75, 3.05) is 6.61 Å². The Balaban J connectivity index is -0.0000000450. The Bertz CT molecular complexity index is 13.5. The van der Waals surface area contributed by atoms with E-state index in [1.54, 1.807) is 0 Å². The first kappa shape index (κ1) is 15.7. The Morgan fingerprint density at radius 2 is 1.67 bits per heavy atom. The molecular weight excluding hydrogens is 321 g/mol. The highest BCUT2D eigenvalue weighted by Crippen LogP contribution is 1.50. The predicted octanol–water partition coefficient (Wildman–Crippen LogP) is 1.34. The Kier molecular flexibility index (Phi) is 41.2. The molecule has 0 aromatic heterocycles. The van der Waals surface area contributed by atoms with Crippen molar-refractivity contribution in [3.8, 4) is 0 Å². The number of halogens is 2. The summed E-state index contributed by atoms with van der Waals surface area (Å²) in [5.74, 6) is 0. The summed E-state index contributed by atoms with van der Waals surface area (Å²) >= 11 is 2.16. The van der Waals surface area contributed by atoms with Gasteiger partial charge >= 0.3 is 16.6 Å². The van der Waals surface area contributed by atoms with Crippen LogP contribution in [0.5, 0.6) is 0 Å². The van der Waals surface area contributed by atoms with Crippen molar-refractivity contribution in [2.24, 2.45) is 0 Å². The molecule has 38 valence electrons. The van der Waals surface area contributed by atoms with E-state index in [1.165, 1.54) is 0 Å². The molecule has 6 heavy (non-hydrogen) atoms. The Morgan fingerprint density at radius 3 is 1.67 bits per heavy atom. The lowest BCUT2D eigenvalue weighted by molar-refractivity contribution is 0.375. The Hall–Kier alpha value is 1.95. The maximum atomic E-state index is 4.46. The highest BCUT2D eigenvalue weighted by atomic mass is 127. The van der Waals surface area contributed by atoms with Crippen LogP contribution < -0.4 is 0 Å². The summed E-state index contributed by atoms with van der Waals surface area (Å²) in [5, 5.41) is 0. The summed E-state index contributed by atoms with van der Waals surface area (Å²) in [5.41, 5.74) is 0. The van der Waals surface area contributed by atoms with Crippen LogP contribution in [0.25, 0.3) is 0 Å². The van der Waals surface area contributed by atoms with E-state index in [4.69, 9.17) is 0 Å². The standard InChI is InChI=1S/C2H5O.Al.2HI/c1-2-3;;;/h2H2,1H3;;2*1H/q-1;+1;;. The van der Waals surface area contributed by atoms with Crippen molar-refractivity contribution in [1.82, 2.24) is 0 Å². The molecule has 0 amide bonds. The quantitative estimate of drug-likeness (QED) is 0.522. The van der Waals surface area contributed by atoms with Gasteiger partial charge in [-0.25, -0.2) is 0 Å². The highest BCUT2D eigenvalue weighted by Gasteiger charge is 1.52. The third-order valence-electron chi connectivity index (χ3n) is 0.167. The van der Waals surface area contributed by atoms with E-state index >= 15 is 0 Å². The largest absolute Gasteiger partial charge is 0.516 e. The van der Waals surface area contributed by atoms with Crippen molar-refractivity contribution in [1.29, 1.82) is 0 Å². The molecule has 0 spiro atoms. The van der Waals surface area contributed by atoms with Crippen LogP contribution in [-0.4, -0.2) is 23.2 Å². The lowest BCUT2D eigenvalue weighted by Crippen LogP contribution is -1.76. The van der Waals surface area contributed by atoms with Crippen LogP contribution in [0.1, 0.15) is 6.92 Å². The third kappa shape index (κ3) is 16.7. The molecule has 0 aliphatic carbocycles. The van der Waals surface area contributed by atoms with Crippen LogP contribution in [0.3, 0.4) is 0 Å². The Morgan fingerprint density at radius 1 is 1.50 bits per heavy atom. The molecule has 0 aliphatic heterocycles. The minimum atomic E-state index is 0. The summed E-state index contributed by atoms with van der Waals surface area (Å²) in [4.78, 5) is 0. The second-order valence-electron chi connectivity index (χ2n) is 0.455. The molecule has 1 nitrogen and oxygen atoms in total. The fourth-order valence-electron chi connectivity index (χ4n) is 0. The van der Waals surface area contributed by atoms with Crippen molar-refractivity contribution in [3.05, 3.63) is 0 Å². The fraction of sp³-hybridized carbons (Fsp3) is 1.00. The Labute approximate surface area is 81.0 Å². The first-order valence-electron chi connectivity index (χ1n) is 1.23. The van der Waals surface area contributed by atoms with Crippen LogP contribution in [0, 0.1) is 0 Å². The number of hydrogen-bond acceptors (Lipinski definition) is 1. The first-order valence-corrected chi connectivity index (χ1v) is 1.70. The predicted molar refractivity (Wildman–Crippen MR) is 48.2 cm³/mol. The lowest BCUT2D eigenvalue weighted by Gasteiger charge is -1.79. The molecule has 0 aromatic carbocycles. The monoisotopic (exact) mass is 328 g/mol. The molecule has 0 aliphatic rings. The maximum absolute atomic E-state index is 4.46. The summed E-state index contributed by atoms with van der Waals surface area (Å²) < 4.78 is 4.46. The minimum absolute atomic E-state index is 0. The fourth-order valence-corrected chi connectivity index (χ4v) is 0. The van der Waals surface area contributed by atoms with Crippen molar-refractivity contribution >= 4 is 64.6 Å². The van der Waals surface area contributed by atoms with Gasteiger partial charge in [0.05, 0.1) is 0 Å². The van der Waals surface area contributed by atoms with Crippen LogP contribution in [0.2, 0.25) is 0 Å². The molecule has 0 heterocycles. The summed E-state index contributed by atoms with van der Waals surface area (Å²) in [7, 11) is 0. The van der Waals surface area contributed by atoms with Crippen LogP contribution in [0.15, 0.2) is 0 Å². The van der Waals surface area contributed by atoms with E-state index in [2.05, 4.69) is 20.4 Å². The molecule has 4 heteroatoms. The van der Waals surface area contributed by atoms with Gasteiger partial charge in [-0.2, -0.15) is 0 Å². The second-order valence-corrected chi connectivity index (χ2v) is 0.789. The smallest absolute Gasteiger partial charge is 0.369 e. The number of rotatable bonds is 1. The molecular formula is C2H7AlI2O. The molecule has 0 rings (SSSR count). The minimum Gasteiger partial charge on any atom is -0.516 e. The second kappa shape index (κ2) is 15.8. The summed E-state index contributed by atoms with van der Waals surface area (Å²) in [6, 6.07) is 0. The lowest BCUT2D eigenvalue weighted by atomic mass is 10.9. The van der Waals surface area contributed by atoms with Gasteiger partial charge in [-0.1, -0.05) is 0 Å². The van der Waals surface area contributed by atoms with Crippen molar-refractivity contribution in [2.45, 2.75) is 6.92 Å². The van der Waals surface area contributed by atoms with Gasteiger partial charge in [0.1, 0.15) is 0 Å². The van der Waals surface area contributed by atoms with Gasteiger partial charge in [0.25, 0.3) is 0 Å². The van der Waals surface area contributed by atoms with Gasteiger partial charge in [0, 0.05) is 6.61 Å². The van der Waals surface area contributed by atoms with Crippen LogP contribution >= 0.6 is 48.0 Å². The summed E-state index contributed by atoms with van der Waals surface area (Å²) in [6.45, 7) is 2.72. The van der Waals surface area contributed by atoms with Gasteiger partial charge in [-0.15, -0.1) is 48.0 Å². The van der Waals surface area contributed by atoms with Gasteiger partial charge in [-0.05, 0) is 6.92 Å². The zero-order chi connectivity index (χ0) is 3.41. The third-order valence-corrected chi connectivity index (χ3v) is 0.500. The van der Waals surface area contributed by atoms with Gasteiger partial charge < -0.3 is 3.79 Å². The van der Waals surface area contributed by atoms with Gasteiger partial charge in [0.15, 0.2) is 0 Å². The van der Waals surface area contributed by atoms with E-state index < -0.39 is 0 Å². The average molecular weight is 328 g/mol.